The quantitative estimate of drug-likeness (QED) is 0.444. The average Bonchev–Trinajstić information content (AvgIpc) is 2.58. The standard InChI is InChI=1S/C19H19NO6S/c1-12-8-9-13(10-16(12)19(22)23)14-6-4-5-7-15(14)17(21)11-18(20(2)3)27(24,25)26/h4-11H,1-3H3,(H,22,23)(H,24,25,26). The van der Waals surface area contributed by atoms with E-state index in [1.807, 2.05) is 0 Å². The molecule has 7 nitrogen and oxygen atoms in total. The van der Waals surface area contributed by atoms with E-state index < -0.39 is 26.9 Å². The molecule has 0 aliphatic rings. The van der Waals surface area contributed by atoms with Crippen LogP contribution in [0.2, 0.25) is 0 Å². The number of hydrogen-bond acceptors (Lipinski definition) is 5. The smallest absolute Gasteiger partial charge is 0.335 e. The van der Waals surface area contributed by atoms with E-state index >= 15 is 0 Å². The normalized spacial score (nSPS) is 11.9. The maximum Gasteiger partial charge on any atom is 0.335 e. The number of aromatic carboxylic acids is 1. The third kappa shape index (κ3) is 4.60. The molecule has 0 unspecified atom stereocenters. The number of carbonyl (C=O) groups excluding carboxylic acids is 1. The molecule has 0 spiro atoms. The highest BCUT2D eigenvalue weighted by atomic mass is 32.2. The van der Waals surface area contributed by atoms with E-state index in [1.54, 1.807) is 37.3 Å². The van der Waals surface area contributed by atoms with E-state index in [9.17, 15) is 27.7 Å². The molecule has 0 amide bonds. The van der Waals surface area contributed by atoms with Gasteiger partial charge in [-0.15, -0.1) is 0 Å². The molecule has 0 radical (unpaired) electrons. The molecule has 0 atom stereocenters. The third-order valence-electron chi connectivity index (χ3n) is 3.93. The van der Waals surface area contributed by atoms with Crippen molar-refractivity contribution in [3.63, 3.8) is 0 Å². The molecular weight excluding hydrogens is 370 g/mol. The van der Waals surface area contributed by atoms with Crippen LogP contribution < -0.4 is 0 Å². The molecule has 27 heavy (non-hydrogen) atoms. The summed E-state index contributed by atoms with van der Waals surface area (Å²) in [6.07, 6.45) is 0.834. The lowest BCUT2D eigenvalue weighted by molar-refractivity contribution is 0.0696. The Morgan fingerprint density at radius 3 is 2.22 bits per heavy atom. The van der Waals surface area contributed by atoms with Gasteiger partial charge < -0.3 is 10.0 Å². The first-order valence-electron chi connectivity index (χ1n) is 7.86. The number of benzene rings is 2. The number of allylic oxidation sites excluding steroid dienone is 1. The second-order valence-electron chi connectivity index (χ2n) is 6.10. The van der Waals surface area contributed by atoms with Gasteiger partial charge in [0, 0.05) is 25.7 Å². The van der Waals surface area contributed by atoms with Crippen LogP contribution in [0, 0.1) is 6.92 Å². The van der Waals surface area contributed by atoms with Gasteiger partial charge in [-0.2, -0.15) is 8.42 Å². The molecule has 0 saturated carbocycles. The summed E-state index contributed by atoms with van der Waals surface area (Å²) in [5, 5.41) is 8.76. The van der Waals surface area contributed by atoms with Crippen LogP contribution in [0.3, 0.4) is 0 Å². The number of carboxylic acids is 1. The lowest BCUT2D eigenvalue weighted by atomic mass is 9.94. The predicted molar refractivity (Wildman–Crippen MR) is 101 cm³/mol. The Balaban J connectivity index is 2.62. The molecule has 2 aromatic rings. The Hall–Kier alpha value is -2.97. The number of aryl methyl sites for hydroxylation is 1. The Morgan fingerprint density at radius 1 is 1.04 bits per heavy atom. The van der Waals surface area contributed by atoms with Crippen LogP contribution in [0.25, 0.3) is 11.1 Å². The van der Waals surface area contributed by atoms with Gasteiger partial charge in [0.25, 0.3) is 0 Å². The summed E-state index contributed by atoms with van der Waals surface area (Å²) in [5.74, 6) is -1.72. The molecule has 2 rings (SSSR count). The van der Waals surface area contributed by atoms with E-state index in [0.717, 1.165) is 11.0 Å². The molecule has 2 N–H and O–H groups in total. The fourth-order valence-electron chi connectivity index (χ4n) is 2.59. The molecule has 0 bridgehead atoms. The monoisotopic (exact) mass is 389 g/mol. The summed E-state index contributed by atoms with van der Waals surface area (Å²) in [4.78, 5) is 25.2. The molecular formula is C19H19NO6S. The molecule has 0 aliphatic heterocycles. The summed E-state index contributed by atoms with van der Waals surface area (Å²) < 4.78 is 32.3. The molecule has 0 aromatic heterocycles. The highest BCUT2D eigenvalue weighted by Crippen LogP contribution is 2.27. The van der Waals surface area contributed by atoms with Gasteiger partial charge in [-0.05, 0) is 29.7 Å². The van der Waals surface area contributed by atoms with Crippen molar-refractivity contribution in [2.75, 3.05) is 14.1 Å². The van der Waals surface area contributed by atoms with Crippen LogP contribution in [-0.4, -0.2) is 48.8 Å². The largest absolute Gasteiger partial charge is 0.478 e. The fraction of sp³-hybridized carbons (Fsp3) is 0.158. The zero-order chi connectivity index (χ0) is 20.4. The molecule has 8 heteroatoms. The Labute approximate surface area is 157 Å². The number of hydrogen-bond donors (Lipinski definition) is 2. The van der Waals surface area contributed by atoms with Gasteiger partial charge in [0.2, 0.25) is 0 Å². The highest BCUT2D eigenvalue weighted by molar-refractivity contribution is 7.89. The van der Waals surface area contributed by atoms with Crippen molar-refractivity contribution in [2.45, 2.75) is 6.92 Å². The van der Waals surface area contributed by atoms with Crippen LogP contribution in [-0.2, 0) is 10.1 Å². The minimum Gasteiger partial charge on any atom is -0.478 e. The highest BCUT2D eigenvalue weighted by Gasteiger charge is 2.20. The van der Waals surface area contributed by atoms with Crippen LogP contribution in [0.15, 0.2) is 53.6 Å². The minimum atomic E-state index is -4.58. The zero-order valence-electron chi connectivity index (χ0n) is 15.0. The van der Waals surface area contributed by atoms with Crippen LogP contribution in [0.4, 0.5) is 0 Å². The summed E-state index contributed by atoms with van der Waals surface area (Å²) in [7, 11) is -1.81. The number of ketones is 1. The SMILES string of the molecule is Cc1ccc(-c2ccccc2C(=O)C=C(N(C)C)S(=O)(=O)O)cc1C(=O)O. The van der Waals surface area contributed by atoms with Gasteiger partial charge in [-0.3, -0.25) is 9.35 Å². The molecule has 0 aliphatic carbocycles. The Morgan fingerprint density at radius 2 is 1.67 bits per heavy atom. The van der Waals surface area contributed by atoms with Crippen LogP contribution in [0.1, 0.15) is 26.3 Å². The summed E-state index contributed by atoms with van der Waals surface area (Å²) in [6.45, 7) is 1.67. The molecule has 0 saturated heterocycles. The minimum absolute atomic E-state index is 0.109. The third-order valence-corrected chi connectivity index (χ3v) is 4.94. The van der Waals surface area contributed by atoms with Crippen molar-refractivity contribution < 1.29 is 27.7 Å². The van der Waals surface area contributed by atoms with Crippen molar-refractivity contribution in [1.82, 2.24) is 4.90 Å². The molecule has 0 heterocycles. The van der Waals surface area contributed by atoms with E-state index in [-0.39, 0.29) is 11.1 Å². The predicted octanol–water partition coefficient (Wildman–Crippen LogP) is 2.83. The van der Waals surface area contributed by atoms with Gasteiger partial charge >= 0.3 is 16.1 Å². The first-order valence-corrected chi connectivity index (χ1v) is 9.30. The first-order chi connectivity index (χ1) is 12.5. The molecule has 0 fully saturated rings. The first kappa shape index (κ1) is 20.3. The second kappa shape index (κ2) is 7.73. The van der Waals surface area contributed by atoms with Crippen molar-refractivity contribution in [1.29, 1.82) is 0 Å². The van der Waals surface area contributed by atoms with Gasteiger partial charge in [0.1, 0.15) is 0 Å². The van der Waals surface area contributed by atoms with E-state index in [2.05, 4.69) is 0 Å². The van der Waals surface area contributed by atoms with E-state index in [1.165, 1.54) is 26.2 Å². The van der Waals surface area contributed by atoms with Crippen LogP contribution >= 0.6 is 0 Å². The Kier molecular flexibility index (Phi) is 5.82. The summed E-state index contributed by atoms with van der Waals surface area (Å²) in [5.41, 5.74) is 1.83. The van der Waals surface area contributed by atoms with E-state index in [4.69, 9.17) is 0 Å². The Bertz CT molecular complexity index is 1040. The lowest BCUT2D eigenvalue weighted by Crippen LogP contribution is -2.20. The van der Waals surface area contributed by atoms with Crippen molar-refractivity contribution in [2.24, 2.45) is 0 Å². The van der Waals surface area contributed by atoms with Crippen molar-refractivity contribution in [3.05, 3.63) is 70.3 Å². The zero-order valence-corrected chi connectivity index (χ0v) is 15.8. The maximum absolute atomic E-state index is 12.7. The number of carbonyl (C=O) groups is 2. The average molecular weight is 389 g/mol. The number of nitrogens with zero attached hydrogens (tertiary/aromatic N) is 1. The topological polar surface area (TPSA) is 112 Å². The molecule has 2 aromatic carbocycles. The molecule has 142 valence electrons. The number of rotatable bonds is 6. The van der Waals surface area contributed by atoms with Gasteiger partial charge in [0.05, 0.1) is 5.56 Å². The van der Waals surface area contributed by atoms with Gasteiger partial charge in [0.15, 0.2) is 10.8 Å². The number of carboxylic acid groups (broad SMARTS) is 1. The summed E-state index contributed by atoms with van der Waals surface area (Å²) >= 11 is 0. The van der Waals surface area contributed by atoms with Crippen LogP contribution in [0.5, 0.6) is 0 Å². The second-order valence-corrected chi connectivity index (χ2v) is 7.47. The summed E-state index contributed by atoms with van der Waals surface area (Å²) in [6, 6.07) is 11.2. The van der Waals surface area contributed by atoms with E-state index in [0.29, 0.717) is 16.7 Å². The lowest BCUT2D eigenvalue weighted by Gasteiger charge is -2.14. The van der Waals surface area contributed by atoms with Crippen molar-refractivity contribution >= 4 is 21.9 Å². The van der Waals surface area contributed by atoms with Gasteiger partial charge in [-0.1, -0.05) is 36.4 Å². The van der Waals surface area contributed by atoms with Crippen molar-refractivity contribution in [3.8, 4) is 11.1 Å². The maximum atomic E-state index is 12.7. The fourth-order valence-corrected chi connectivity index (χ4v) is 3.31. The van der Waals surface area contributed by atoms with Gasteiger partial charge in [-0.25, -0.2) is 4.79 Å².